The first-order valence-corrected chi connectivity index (χ1v) is 8.56. The van der Waals surface area contributed by atoms with E-state index in [9.17, 15) is 14.4 Å². The Morgan fingerprint density at radius 2 is 1.74 bits per heavy atom. The van der Waals surface area contributed by atoms with Gasteiger partial charge < -0.3 is 15.7 Å². The number of anilines is 1. The smallest absolute Gasteiger partial charge is 0.305 e. The largest absolute Gasteiger partial charge is 0.481 e. The van der Waals surface area contributed by atoms with Crippen molar-refractivity contribution in [1.82, 2.24) is 15.1 Å². The molecule has 2 rings (SSSR count). The van der Waals surface area contributed by atoms with Gasteiger partial charge in [-0.15, -0.1) is 0 Å². The highest BCUT2D eigenvalue weighted by Crippen LogP contribution is 2.19. The van der Waals surface area contributed by atoms with Crippen molar-refractivity contribution in [1.29, 1.82) is 0 Å². The Kier molecular flexibility index (Phi) is 5.99. The van der Waals surface area contributed by atoms with Gasteiger partial charge in [0, 0.05) is 23.5 Å². The zero-order valence-corrected chi connectivity index (χ0v) is 15.9. The molecule has 144 valence electrons. The number of carbonyl (C=O) groups excluding carboxylic acids is 2. The van der Waals surface area contributed by atoms with E-state index < -0.39 is 5.97 Å². The van der Waals surface area contributed by atoms with Gasteiger partial charge in [-0.3, -0.25) is 19.1 Å². The number of amides is 2. The molecular weight excluding hydrogens is 348 g/mol. The molecule has 0 unspecified atom stereocenters. The van der Waals surface area contributed by atoms with Gasteiger partial charge in [-0.05, 0) is 52.0 Å². The van der Waals surface area contributed by atoms with Crippen molar-refractivity contribution in [3.8, 4) is 0 Å². The van der Waals surface area contributed by atoms with E-state index in [0.29, 0.717) is 16.8 Å². The highest BCUT2D eigenvalue weighted by atomic mass is 16.4. The molecule has 0 spiro atoms. The fourth-order valence-corrected chi connectivity index (χ4v) is 2.60. The Balaban J connectivity index is 2.02. The van der Waals surface area contributed by atoms with Crippen molar-refractivity contribution in [2.45, 2.75) is 39.7 Å². The second-order valence-corrected chi connectivity index (χ2v) is 7.16. The molecule has 8 heteroatoms. The molecule has 2 aromatic rings. The molecule has 0 aliphatic heterocycles. The number of benzene rings is 1. The summed E-state index contributed by atoms with van der Waals surface area (Å²) in [4.78, 5) is 34.9. The zero-order valence-electron chi connectivity index (χ0n) is 15.9. The average Bonchev–Trinajstić information content (AvgIpc) is 2.97. The van der Waals surface area contributed by atoms with Gasteiger partial charge in [0.1, 0.15) is 0 Å². The molecule has 0 saturated carbocycles. The van der Waals surface area contributed by atoms with Crippen molar-refractivity contribution in [2.75, 3.05) is 11.9 Å². The maximum absolute atomic E-state index is 12.5. The van der Waals surface area contributed by atoms with Crippen LogP contribution in [0.5, 0.6) is 0 Å². The van der Waals surface area contributed by atoms with Gasteiger partial charge in [-0.1, -0.05) is 0 Å². The van der Waals surface area contributed by atoms with Crippen LogP contribution in [0.3, 0.4) is 0 Å². The van der Waals surface area contributed by atoms with Crippen LogP contribution < -0.4 is 10.6 Å². The molecule has 1 heterocycles. The summed E-state index contributed by atoms with van der Waals surface area (Å²) in [6.07, 6.45) is 1.40. The lowest BCUT2D eigenvalue weighted by Gasteiger charge is -2.21. The van der Waals surface area contributed by atoms with Gasteiger partial charge in [0.2, 0.25) is 0 Å². The van der Waals surface area contributed by atoms with Gasteiger partial charge >= 0.3 is 5.97 Å². The number of nitrogens with zero attached hydrogens (tertiary/aromatic N) is 2. The summed E-state index contributed by atoms with van der Waals surface area (Å²) in [5.41, 5.74) is 1.97. The first-order chi connectivity index (χ1) is 12.6. The zero-order chi connectivity index (χ0) is 20.2. The topological polar surface area (TPSA) is 113 Å². The van der Waals surface area contributed by atoms with Crippen LogP contribution >= 0.6 is 0 Å². The second kappa shape index (κ2) is 8.03. The number of hydrogen-bond donors (Lipinski definition) is 3. The van der Waals surface area contributed by atoms with Crippen LogP contribution in [0.25, 0.3) is 0 Å². The molecule has 3 N–H and O–H groups in total. The third-order valence-corrected chi connectivity index (χ3v) is 3.92. The first kappa shape index (κ1) is 20.2. The summed E-state index contributed by atoms with van der Waals surface area (Å²) in [6.45, 7) is 7.93. The Hall–Kier alpha value is -3.16. The van der Waals surface area contributed by atoms with Crippen LogP contribution in [0.4, 0.5) is 5.69 Å². The van der Waals surface area contributed by atoms with Crippen LogP contribution in [0.2, 0.25) is 0 Å². The van der Waals surface area contributed by atoms with Crippen molar-refractivity contribution < 1.29 is 19.5 Å². The van der Waals surface area contributed by atoms with Crippen LogP contribution in [-0.4, -0.2) is 39.2 Å². The van der Waals surface area contributed by atoms with E-state index in [-0.39, 0.29) is 30.3 Å². The number of aliphatic carboxylic acids is 1. The van der Waals surface area contributed by atoms with E-state index in [4.69, 9.17) is 5.11 Å². The minimum atomic E-state index is -0.974. The lowest BCUT2D eigenvalue weighted by atomic mass is 10.1. The normalized spacial score (nSPS) is 11.1. The summed E-state index contributed by atoms with van der Waals surface area (Å²) >= 11 is 0. The van der Waals surface area contributed by atoms with Crippen LogP contribution in [0.15, 0.2) is 30.5 Å². The molecule has 0 saturated heterocycles. The Morgan fingerprint density at radius 1 is 1.11 bits per heavy atom. The first-order valence-electron chi connectivity index (χ1n) is 8.56. The number of nitrogens with one attached hydrogen (secondary N) is 2. The highest BCUT2D eigenvalue weighted by Gasteiger charge is 2.21. The van der Waals surface area contributed by atoms with Gasteiger partial charge in [0.15, 0.2) is 0 Å². The van der Waals surface area contributed by atoms with Gasteiger partial charge in [-0.2, -0.15) is 5.10 Å². The molecule has 0 fully saturated rings. The van der Waals surface area contributed by atoms with Gasteiger partial charge in [0.05, 0.1) is 23.7 Å². The van der Waals surface area contributed by atoms with Crippen molar-refractivity contribution in [2.24, 2.45) is 0 Å². The van der Waals surface area contributed by atoms with Crippen molar-refractivity contribution in [3.63, 3.8) is 0 Å². The predicted molar refractivity (Wildman–Crippen MR) is 101 cm³/mol. The number of carboxylic acid groups (broad SMARTS) is 1. The molecule has 1 aromatic carbocycles. The molecule has 0 aliphatic rings. The van der Waals surface area contributed by atoms with E-state index in [0.717, 1.165) is 5.69 Å². The van der Waals surface area contributed by atoms with E-state index in [1.165, 1.54) is 0 Å². The summed E-state index contributed by atoms with van der Waals surface area (Å²) in [7, 11) is 0. The molecule has 0 aliphatic carbocycles. The third-order valence-electron chi connectivity index (χ3n) is 3.92. The van der Waals surface area contributed by atoms with E-state index in [1.807, 2.05) is 27.7 Å². The number of carboxylic acids is 1. The van der Waals surface area contributed by atoms with Crippen molar-refractivity contribution >= 4 is 23.5 Å². The standard InChI is InChI=1S/C19H24N4O4/c1-12-15(11-21-23(12)19(2,3)4)18(27)22-14-7-5-13(6-8-14)17(26)20-10-9-16(24)25/h5-8,11H,9-10H2,1-4H3,(H,20,26)(H,22,27)(H,24,25). The third kappa shape index (κ3) is 5.16. The van der Waals surface area contributed by atoms with Crippen LogP contribution in [-0.2, 0) is 10.3 Å². The Labute approximate surface area is 157 Å². The minimum Gasteiger partial charge on any atom is -0.481 e. The van der Waals surface area contributed by atoms with E-state index >= 15 is 0 Å². The van der Waals surface area contributed by atoms with Gasteiger partial charge in [-0.25, -0.2) is 0 Å². The van der Waals surface area contributed by atoms with Crippen LogP contribution in [0.1, 0.15) is 53.6 Å². The number of hydrogen-bond acceptors (Lipinski definition) is 4. The quantitative estimate of drug-likeness (QED) is 0.721. The lowest BCUT2D eigenvalue weighted by Crippen LogP contribution is -2.26. The molecule has 27 heavy (non-hydrogen) atoms. The maximum Gasteiger partial charge on any atom is 0.305 e. The molecule has 1 aromatic heterocycles. The average molecular weight is 372 g/mol. The molecule has 0 radical (unpaired) electrons. The monoisotopic (exact) mass is 372 g/mol. The molecule has 8 nitrogen and oxygen atoms in total. The molecular formula is C19H24N4O4. The van der Waals surface area contributed by atoms with Gasteiger partial charge in [0.25, 0.3) is 11.8 Å². The Bertz CT molecular complexity index is 848. The fraction of sp³-hybridized carbons (Fsp3) is 0.368. The minimum absolute atomic E-state index is 0.0592. The summed E-state index contributed by atoms with van der Waals surface area (Å²) in [6, 6.07) is 6.37. The van der Waals surface area contributed by atoms with E-state index in [2.05, 4.69) is 15.7 Å². The van der Waals surface area contributed by atoms with Crippen LogP contribution in [0, 0.1) is 6.92 Å². The molecule has 0 bridgehead atoms. The van der Waals surface area contributed by atoms with Crippen molar-refractivity contribution in [3.05, 3.63) is 47.3 Å². The second-order valence-electron chi connectivity index (χ2n) is 7.16. The highest BCUT2D eigenvalue weighted by molar-refractivity contribution is 6.05. The summed E-state index contributed by atoms with van der Waals surface area (Å²) in [5.74, 6) is -1.61. The Morgan fingerprint density at radius 3 is 2.26 bits per heavy atom. The van der Waals surface area contributed by atoms with E-state index in [1.54, 1.807) is 35.1 Å². The number of rotatable bonds is 6. The summed E-state index contributed by atoms with van der Waals surface area (Å²) in [5, 5.41) is 18.2. The SMILES string of the molecule is Cc1c(C(=O)Nc2ccc(C(=O)NCCC(=O)O)cc2)cnn1C(C)(C)C. The summed E-state index contributed by atoms with van der Waals surface area (Å²) < 4.78 is 1.80. The maximum atomic E-state index is 12.5. The predicted octanol–water partition coefficient (Wildman–Crippen LogP) is 2.40. The molecule has 0 atom stereocenters. The molecule has 2 amide bonds. The fourth-order valence-electron chi connectivity index (χ4n) is 2.60. The number of aromatic nitrogens is 2. The number of carbonyl (C=O) groups is 3. The lowest BCUT2D eigenvalue weighted by molar-refractivity contribution is -0.136.